The molecule has 0 aliphatic rings. The fourth-order valence-electron chi connectivity index (χ4n) is 1.99. The molecule has 0 spiro atoms. The smallest absolute Gasteiger partial charge is 0.126 e. The van der Waals surface area contributed by atoms with Crippen LogP contribution in [0.25, 0.3) is 0 Å². The quantitative estimate of drug-likeness (QED) is 0.603. The minimum absolute atomic E-state index is 0.152. The predicted octanol–water partition coefficient (Wildman–Crippen LogP) is 4.74. The van der Waals surface area contributed by atoms with Crippen molar-refractivity contribution in [3.05, 3.63) is 45.9 Å². The van der Waals surface area contributed by atoms with Gasteiger partial charge in [-0.2, -0.15) is 0 Å². The number of phenols is 1. The van der Waals surface area contributed by atoms with E-state index in [0.717, 1.165) is 5.69 Å². The topological polar surface area (TPSA) is 51.4 Å². The summed E-state index contributed by atoms with van der Waals surface area (Å²) in [5.74, 6) is 0.152. The van der Waals surface area contributed by atoms with Crippen molar-refractivity contribution in [3.63, 3.8) is 0 Å². The lowest BCUT2D eigenvalue weighted by molar-refractivity contribution is 0.474. The van der Waals surface area contributed by atoms with Crippen LogP contribution in [0.15, 0.2) is 40.3 Å². The van der Waals surface area contributed by atoms with Crippen LogP contribution in [-0.4, -0.2) is 50.8 Å². The van der Waals surface area contributed by atoms with Gasteiger partial charge in [-0.3, -0.25) is 4.99 Å². The molecule has 2 rings (SSSR count). The highest BCUT2D eigenvalue weighted by Crippen LogP contribution is 2.37. The van der Waals surface area contributed by atoms with Crippen LogP contribution in [0.4, 0.5) is 17.1 Å². The molecular formula is C18H20Cl2N4O. The SMILES string of the molecule is CN(C)/C=N\c1c(Cl)cc(/N=C/c2ccc(N(C)C)cc2O)cc1Cl. The molecule has 0 saturated carbocycles. The lowest BCUT2D eigenvalue weighted by Crippen LogP contribution is -2.08. The van der Waals surface area contributed by atoms with Crippen LogP contribution in [0.1, 0.15) is 5.56 Å². The van der Waals surface area contributed by atoms with Gasteiger partial charge in [-0.15, -0.1) is 0 Å². The van der Waals surface area contributed by atoms with Crippen molar-refractivity contribution in [1.29, 1.82) is 0 Å². The highest BCUT2D eigenvalue weighted by Gasteiger charge is 2.07. The third kappa shape index (κ3) is 5.11. The van der Waals surface area contributed by atoms with E-state index in [0.29, 0.717) is 27.0 Å². The van der Waals surface area contributed by atoms with Crippen LogP contribution in [0, 0.1) is 0 Å². The summed E-state index contributed by atoms with van der Waals surface area (Å²) in [4.78, 5) is 12.3. The van der Waals surface area contributed by atoms with Crippen molar-refractivity contribution in [2.24, 2.45) is 9.98 Å². The van der Waals surface area contributed by atoms with Crippen molar-refractivity contribution >= 4 is 52.8 Å². The minimum Gasteiger partial charge on any atom is -0.507 e. The standard InChI is InChI=1S/C18H20Cl2N4O/c1-23(2)11-22-18-15(19)7-13(8-16(18)20)21-10-12-5-6-14(24(3)4)9-17(12)25/h5-11,25H,1-4H3/b21-10+,22-11-. The molecule has 0 aliphatic heterocycles. The molecule has 0 unspecified atom stereocenters. The van der Waals surface area contributed by atoms with E-state index in [1.54, 1.807) is 41.7 Å². The van der Waals surface area contributed by atoms with Crippen LogP contribution in [0.3, 0.4) is 0 Å². The lowest BCUT2D eigenvalue weighted by Gasteiger charge is -2.13. The normalized spacial score (nSPS) is 11.4. The molecule has 0 aromatic heterocycles. The number of anilines is 1. The first-order valence-corrected chi connectivity index (χ1v) is 8.27. The van der Waals surface area contributed by atoms with Crippen molar-refractivity contribution < 1.29 is 5.11 Å². The molecule has 0 heterocycles. The summed E-state index contributed by atoms with van der Waals surface area (Å²) in [5.41, 5.74) is 2.58. The van der Waals surface area contributed by atoms with Crippen molar-refractivity contribution in [2.75, 3.05) is 33.1 Å². The molecule has 25 heavy (non-hydrogen) atoms. The van der Waals surface area contributed by atoms with Crippen LogP contribution < -0.4 is 4.90 Å². The van der Waals surface area contributed by atoms with Crippen LogP contribution in [-0.2, 0) is 0 Å². The molecule has 0 fully saturated rings. The van der Waals surface area contributed by atoms with Gasteiger partial charge in [-0.05, 0) is 24.3 Å². The number of hydrogen-bond donors (Lipinski definition) is 1. The van der Waals surface area contributed by atoms with Crippen molar-refractivity contribution in [1.82, 2.24) is 4.90 Å². The zero-order valence-electron chi connectivity index (χ0n) is 14.5. The Morgan fingerprint density at radius 3 is 2.12 bits per heavy atom. The van der Waals surface area contributed by atoms with E-state index in [1.807, 2.05) is 39.2 Å². The highest BCUT2D eigenvalue weighted by molar-refractivity contribution is 6.39. The van der Waals surface area contributed by atoms with Crippen molar-refractivity contribution in [2.45, 2.75) is 0 Å². The molecule has 0 saturated heterocycles. The van der Waals surface area contributed by atoms with Crippen LogP contribution in [0.5, 0.6) is 5.75 Å². The van der Waals surface area contributed by atoms with Crippen LogP contribution in [0.2, 0.25) is 10.0 Å². The van der Waals surface area contributed by atoms with Gasteiger partial charge < -0.3 is 14.9 Å². The summed E-state index contributed by atoms with van der Waals surface area (Å²) >= 11 is 12.5. The molecule has 0 bridgehead atoms. The highest BCUT2D eigenvalue weighted by atomic mass is 35.5. The third-order valence-electron chi connectivity index (χ3n) is 3.30. The maximum absolute atomic E-state index is 10.1. The maximum Gasteiger partial charge on any atom is 0.126 e. The van der Waals surface area contributed by atoms with Gasteiger partial charge in [-0.25, -0.2) is 4.99 Å². The van der Waals surface area contributed by atoms with E-state index >= 15 is 0 Å². The Hall–Kier alpha value is -2.24. The summed E-state index contributed by atoms with van der Waals surface area (Å²) in [7, 11) is 7.54. The summed E-state index contributed by atoms with van der Waals surface area (Å²) < 4.78 is 0. The van der Waals surface area contributed by atoms with E-state index in [-0.39, 0.29) is 5.75 Å². The Labute approximate surface area is 157 Å². The minimum atomic E-state index is 0.152. The molecule has 1 N–H and O–H groups in total. The van der Waals surface area contributed by atoms with Gasteiger partial charge in [0.05, 0.1) is 22.1 Å². The van der Waals surface area contributed by atoms with E-state index in [2.05, 4.69) is 9.98 Å². The molecule has 0 radical (unpaired) electrons. The zero-order chi connectivity index (χ0) is 18.6. The molecular weight excluding hydrogens is 359 g/mol. The average molecular weight is 379 g/mol. The first-order chi connectivity index (χ1) is 11.8. The first-order valence-electron chi connectivity index (χ1n) is 7.52. The van der Waals surface area contributed by atoms with Gasteiger partial charge in [0.2, 0.25) is 0 Å². The Morgan fingerprint density at radius 2 is 1.60 bits per heavy atom. The molecule has 132 valence electrons. The average Bonchev–Trinajstić information content (AvgIpc) is 2.52. The van der Waals surface area contributed by atoms with E-state index in [4.69, 9.17) is 23.2 Å². The fourth-order valence-corrected chi connectivity index (χ4v) is 2.56. The number of aliphatic imine (C=N–C) groups is 2. The second-order valence-corrected chi connectivity index (χ2v) is 6.68. The summed E-state index contributed by atoms with van der Waals surface area (Å²) in [6.45, 7) is 0. The largest absolute Gasteiger partial charge is 0.507 e. The van der Waals surface area contributed by atoms with Gasteiger partial charge in [0.25, 0.3) is 0 Å². The Kier molecular flexibility index (Phi) is 6.28. The van der Waals surface area contributed by atoms with E-state index in [9.17, 15) is 5.11 Å². The molecule has 2 aromatic rings. The van der Waals surface area contributed by atoms with E-state index in [1.165, 1.54) is 0 Å². The summed E-state index contributed by atoms with van der Waals surface area (Å²) in [5, 5.41) is 10.9. The Morgan fingerprint density at radius 1 is 0.960 bits per heavy atom. The number of halogens is 2. The number of phenolic OH excluding ortho intramolecular Hbond substituents is 1. The van der Waals surface area contributed by atoms with Gasteiger partial charge in [0.15, 0.2) is 0 Å². The van der Waals surface area contributed by atoms with Crippen molar-refractivity contribution in [3.8, 4) is 5.75 Å². The molecule has 2 aromatic carbocycles. The lowest BCUT2D eigenvalue weighted by atomic mass is 10.2. The van der Waals surface area contributed by atoms with Gasteiger partial charge >= 0.3 is 0 Å². The maximum atomic E-state index is 10.1. The molecule has 0 amide bonds. The zero-order valence-corrected chi connectivity index (χ0v) is 16.0. The Bertz CT molecular complexity index is 794. The number of rotatable bonds is 5. The monoisotopic (exact) mass is 378 g/mol. The van der Waals surface area contributed by atoms with Gasteiger partial charge in [0.1, 0.15) is 11.4 Å². The molecule has 5 nitrogen and oxygen atoms in total. The number of aromatic hydroxyl groups is 1. The predicted molar refractivity (Wildman–Crippen MR) is 108 cm³/mol. The van der Waals surface area contributed by atoms with E-state index < -0.39 is 0 Å². The number of nitrogens with zero attached hydrogens (tertiary/aromatic N) is 4. The molecule has 7 heteroatoms. The summed E-state index contributed by atoms with van der Waals surface area (Å²) in [6, 6.07) is 8.74. The molecule has 0 aliphatic carbocycles. The summed E-state index contributed by atoms with van der Waals surface area (Å²) in [6.07, 6.45) is 3.19. The Balaban J connectivity index is 2.27. The fraction of sp³-hybridized carbons (Fsp3) is 0.222. The van der Waals surface area contributed by atoms with Gasteiger partial charge in [-0.1, -0.05) is 23.2 Å². The second kappa shape index (κ2) is 8.23. The van der Waals surface area contributed by atoms with Gasteiger partial charge in [0, 0.05) is 51.7 Å². The van der Waals surface area contributed by atoms with Crippen LogP contribution >= 0.6 is 23.2 Å². The first kappa shape index (κ1) is 19.1. The third-order valence-corrected chi connectivity index (χ3v) is 3.88. The second-order valence-electron chi connectivity index (χ2n) is 5.86. The molecule has 0 atom stereocenters. The number of benzene rings is 2. The number of hydrogen-bond acceptors (Lipinski definition) is 4.